The van der Waals surface area contributed by atoms with Crippen molar-refractivity contribution < 1.29 is 17.5 Å². The van der Waals surface area contributed by atoms with E-state index in [2.05, 4.69) is 0 Å². The van der Waals surface area contributed by atoms with Crippen molar-refractivity contribution in [1.82, 2.24) is 4.57 Å². The SMILES string of the molecule is CC(C)c1ccc(-n2cc[n+](C)c2)c(S(=O)(=O)O)c1. The summed E-state index contributed by atoms with van der Waals surface area (Å²) in [7, 11) is -2.42. The van der Waals surface area contributed by atoms with Gasteiger partial charge in [-0.15, -0.1) is 0 Å². The molecule has 1 aromatic carbocycles. The van der Waals surface area contributed by atoms with Crippen LogP contribution >= 0.6 is 0 Å². The second kappa shape index (κ2) is 4.79. The molecule has 1 heterocycles. The lowest BCUT2D eigenvalue weighted by Crippen LogP contribution is -2.23. The number of rotatable bonds is 3. The van der Waals surface area contributed by atoms with Crippen LogP contribution in [0.5, 0.6) is 0 Å². The summed E-state index contributed by atoms with van der Waals surface area (Å²) in [5.74, 6) is 0.190. The lowest BCUT2D eigenvalue weighted by molar-refractivity contribution is -0.670. The number of hydrogen-bond acceptors (Lipinski definition) is 2. The molecule has 0 spiro atoms. The standard InChI is InChI=1S/C13H16N2O3S/c1-10(2)11-4-5-12(13(8-11)19(16,17)18)15-7-6-14(3)9-15/h4-10H,1-3H3/p+1. The lowest BCUT2D eigenvalue weighted by atomic mass is 10.0. The molecule has 0 radical (unpaired) electrons. The Morgan fingerprint density at radius 3 is 2.47 bits per heavy atom. The molecule has 102 valence electrons. The van der Waals surface area contributed by atoms with Crippen LogP contribution in [0.2, 0.25) is 0 Å². The molecular formula is C13H17N2O3S+. The monoisotopic (exact) mass is 281 g/mol. The van der Waals surface area contributed by atoms with Crippen LogP contribution in [0.3, 0.4) is 0 Å². The Labute approximate surface area is 112 Å². The van der Waals surface area contributed by atoms with Crippen molar-refractivity contribution in [3.63, 3.8) is 0 Å². The van der Waals surface area contributed by atoms with Crippen LogP contribution in [0, 0.1) is 0 Å². The summed E-state index contributed by atoms with van der Waals surface area (Å²) in [5, 5.41) is 0. The quantitative estimate of drug-likeness (QED) is 0.687. The Morgan fingerprint density at radius 2 is 2.00 bits per heavy atom. The van der Waals surface area contributed by atoms with E-state index in [1.54, 1.807) is 33.9 Å². The summed E-state index contributed by atoms with van der Waals surface area (Å²) in [5.41, 5.74) is 1.31. The molecule has 0 aliphatic heterocycles. The number of aryl methyl sites for hydroxylation is 1. The number of aromatic nitrogens is 2. The first kappa shape index (κ1) is 13.8. The van der Waals surface area contributed by atoms with Gasteiger partial charge in [0.05, 0.1) is 7.05 Å². The second-order valence-electron chi connectivity index (χ2n) is 4.84. The Kier molecular flexibility index (Phi) is 3.47. The molecule has 0 bridgehead atoms. The van der Waals surface area contributed by atoms with Gasteiger partial charge in [0, 0.05) is 0 Å². The molecule has 0 aliphatic rings. The minimum absolute atomic E-state index is 0.0742. The van der Waals surface area contributed by atoms with E-state index in [0.29, 0.717) is 5.69 Å². The molecule has 0 unspecified atom stereocenters. The zero-order valence-corrected chi connectivity index (χ0v) is 11.9. The third-order valence-electron chi connectivity index (χ3n) is 2.98. The third-order valence-corrected chi connectivity index (χ3v) is 3.86. The average molecular weight is 281 g/mol. The lowest BCUT2D eigenvalue weighted by Gasteiger charge is -2.09. The highest BCUT2D eigenvalue weighted by Gasteiger charge is 2.21. The topological polar surface area (TPSA) is 63.2 Å². The predicted molar refractivity (Wildman–Crippen MR) is 70.8 cm³/mol. The minimum Gasteiger partial charge on any atom is -0.282 e. The van der Waals surface area contributed by atoms with Crippen LogP contribution in [0.15, 0.2) is 41.8 Å². The van der Waals surface area contributed by atoms with Crippen LogP contribution in [0.1, 0.15) is 25.3 Å². The highest BCUT2D eigenvalue weighted by Crippen LogP contribution is 2.25. The molecule has 0 saturated carbocycles. The van der Waals surface area contributed by atoms with Crippen molar-refractivity contribution >= 4 is 10.1 Å². The van der Waals surface area contributed by atoms with Gasteiger partial charge in [-0.3, -0.25) is 4.55 Å². The first-order valence-electron chi connectivity index (χ1n) is 5.94. The van der Waals surface area contributed by atoms with E-state index in [4.69, 9.17) is 0 Å². The van der Waals surface area contributed by atoms with Crippen LogP contribution in [0.25, 0.3) is 5.69 Å². The molecule has 0 aliphatic carbocycles. The highest BCUT2D eigenvalue weighted by atomic mass is 32.2. The van der Waals surface area contributed by atoms with Crippen molar-refractivity contribution in [3.05, 3.63) is 42.5 Å². The maximum absolute atomic E-state index is 11.5. The normalized spacial score (nSPS) is 12.1. The smallest absolute Gasteiger partial charge is 0.282 e. The van der Waals surface area contributed by atoms with Crippen molar-refractivity contribution in [3.8, 4) is 5.69 Å². The fraction of sp³-hybridized carbons (Fsp3) is 0.308. The van der Waals surface area contributed by atoms with Gasteiger partial charge in [0.25, 0.3) is 10.1 Å². The van der Waals surface area contributed by atoms with Gasteiger partial charge in [-0.2, -0.15) is 8.42 Å². The maximum Gasteiger partial charge on any atom is 0.298 e. The van der Waals surface area contributed by atoms with Crippen LogP contribution in [0.4, 0.5) is 0 Å². The molecule has 2 rings (SSSR count). The van der Waals surface area contributed by atoms with Crippen LogP contribution in [-0.4, -0.2) is 17.5 Å². The zero-order valence-electron chi connectivity index (χ0n) is 11.1. The first-order chi connectivity index (χ1) is 8.79. The van der Waals surface area contributed by atoms with Crippen molar-refractivity contribution in [2.45, 2.75) is 24.7 Å². The van der Waals surface area contributed by atoms with Crippen molar-refractivity contribution in [2.75, 3.05) is 0 Å². The van der Waals surface area contributed by atoms with E-state index >= 15 is 0 Å². The molecule has 0 saturated heterocycles. The van der Waals surface area contributed by atoms with E-state index in [-0.39, 0.29) is 10.8 Å². The van der Waals surface area contributed by atoms with E-state index in [9.17, 15) is 13.0 Å². The molecule has 1 aromatic heterocycles. The molecule has 1 N–H and O–H groups in total. The van der Waals surface area contributed by atoms with Gasteiger partial charge < -0.3 is 0 Å². The summed E-state index contributed by atoms with van der Waals surface area (Å²) in [6.07, 6.45) is 5.27. The first-order valence-corrected chi connectivity index (χ1v) is 7.38. The summed E-state index contributed by atoms with van der Waals surface area (Å²) < 4.78 is 35.9. The molecule has 6 heteroatoms. The number of imidazole rings is 1. The minimum atomic E-state index is -4.26. The summed E-state index contributed by atoms with van der Waals surface area (Å²) in [6, 6.07) is 5.10. The van der Waals surface area contributed by atoms with E-state index < -0.39 is 10.1 Å². The molecule has 2 aromatic rings. The van der Waals surface area contributed by atoms with Gasteiger partial charge in [-0.1, -0.05) is 19.9 Å². The Hall–Kier alpha value is -1.66. The predicted octanol–water partition coefficient (Wildman–Crippen LogP) is 1.67. The van der Waals surface area contributed by atoms with Gasteiger partial charge in [0.1, 0.15) is 17.3 Å². The molecule has 19 heavy (non-hydrogen) atoms. The molecule has 0 fully saturated rings. The van der Waals surface area contributed by atoms with Crippen LogP contribution < -0.4 is 4.57 Å². The fourth-order valence-corrected chi connectivity index (χ4v) is 2.63. The van der Waals surface area contributed by atoms with Gasteiger partial charge >= 0.3 is 0 Å². The van der Waals surface area contributed by atoms with Crippen molar-refractivity contribution in [1.29, 1.82) is 0 Å². The summed E-state index contributed by atoms with van der Waals surface area (Å²) >= 11 is 0. The molecule has 5 nitrogen and oxygen atoms in total. The number of hydrogen-bond donors (Lipinski definition) is 1. The van der Waals surface area contributed by atoms with Gasteiger partial charge in [-0.05, 0) is 23.6 Å². The Morgan fingerprint density at radius 1 is 1.32 bits per heavy atom. The number of benzene rings is 1. The van der Waals surface area contributed by atoms with Crippen molar-refractivity contribution in [2.24, 2.45) is 7.05 Å². The number of nitrogens with zero attached hydrogens (tertiary/aromatic N) is 2. The van der Waals surface area contributed by atoms with Gasteiger partial charge in [-0.25, -0.2) is 9.13 Å². The Balaban J connectivity index is 2.68. The summed E-state index contributed by atoms with van der Waals surface area (Å²) in [6.45, 7) is 3.94. The van der Waals surface area contributed by atoms with Crippen LogP contribution in [-0.2, 0) is 17.2 Å². The molecular weight excluding hydrogens is 264 g/mol. The van der Waals surface area contributed by atoms with Gasteiger partial charge in [0.15, 0.2) is 5.69 Å². The third kappa shape index (κ3) is 2.85. The van der Waals surface area contributed by atoms with E-state index in [1.165, 1.54) is 6.07 Å². The largest absolute Gasteiger partial charge is 0.298 e. The highest BCUT2D eigenvalue weighted by molar-refractivity contribution is 7.86. The molecule has 0 amide bonds. The average Bonchev–Trinajstić information content (AvgIpc) is 2.73. The maximum atomic E-state index is 11.5. The Bertz CT molecular complexity index is 702. The zero-order chi connectivity index (χ0) is 14.2. The van der Waals surface area contributed by atoms with E-state index in [0.717, 1.165) is 5.56 Å². The van der Waals surface area contributed by atoms with E-state index in [1.807, 2.05) is 27.0 Å². The van der Waals surface area contributed by atoms with Gasteiger partial charge in [0.2, 0.25) is 6.33 Å². The second-order valence-corrected chi connectivity index (χ2v) is 6.23. The fourth-order valence-electron chi connectivity index (χ4n) is 1.90. The molecule has 0 atom stereocenters. The summed E-state index contributed by atoms with van der Waals surface area (Å²) in [4.78, 5) is -0.0742.